The summed E-state index contributed by atoms with van der Waals surface area (Å²) in [6.07, 6.45) is -0.249. The second kappa shape index (κ2) is 20.7. The molecule has 0 bridgehead atoms. The van der Waals surface area contributed by atoms with Gasteiger partial charge in [0.1, 0.15) is 5.82 Å². The molecule has 0 atom stereocenters. The molecule has 2 aromatic heterocycles. The van der Waals surface area contributed by atoms with Crippen LogP contribution in [0.4, 0.5) is 22.7 Å². The van der Waals surface area contributed by atoms with E-state index in [9.17, 15) is 2.74 Å². The zero-order valence-electron chi connectivity index (χ0n) is 51.1. The average molecular weight is 1210 g/mol. The van der Waals surface area contributed by atoms with Crippen LogP contribution < -0.4 is 14.5 Å². The average Bonchev–Trinajstić information content (AvgIpc) is 4.15. The molecule has 1 aliphatic rings. The molecule has 3 heterocycles. The molecule has 11 aromatic rings. The maximum atomic E-state index is 9.67. The van der Waals surface area contributed by atoms with E-state index in [0.717, 1.165) is 66.9 Å². The van der Waals surface area contributed by atoms with Gasteiger partial charge in [-0.25, -0.2) is 4.98 Å². The van der Waals surface area contributed by atoms with Crippen molar-refractivity contribution >= 4 is 44.6 Å². The minimum Gasteiger partial charge on any atom is -0.509 e. The predicted octanol–water partition coefficient (Wildman–Crippen LogP) is 19.8. The van der Waals surface area contributed by atoms with E-state index in [1.165, 1.54) is 16.7 Å². The van der Waals surface area contributed by atoms with Crippen LogP contribution in [0.1, 0.15) is 91.4 Å². The van der Waals surface area contributed by atoms with E-state index >= 15 is 0 Å². The Bertz CT molecular complexity index is 4260. The van der Waals surface area contributed by atoms with E-state index < -0.39 is 6.85 Å². The SMILES string of the molecule is [2H]c1nc(-n2c3[c-]c(Oc4[c-]c(N5[CH-]N(c6c(-c7ccccc7)cc(C(C)(C)C)cc6-c6cc(C(C)(C)C)cc(C(C)(C)C)c6)c6ccccc65)ccc4)ccc3c3cc(-c4ccccc4)ccc32)c([2H])c(C([2H])([2H])[2H])c1-c1ccccc1.[Pt]. The number of pyridine rings is 1. The number of fused-ring (bicyclic) bond motifs is 4. The van der Waals surface area contributed by atoms with Crippen molar-refractivity contribution < 1.29 is 32.7 Å². The van der Waals surface area contributed by atoms with Crippen LogP contribution in [0.3, 0.4) is 0 Å². The standard InChI is InChI=1S/C73H65N4O.Pt/c1-48-37-69(74-46-64(48)51-27-18-13-19-28-51)77-65-36-33-52(49-23-14-11-15-24-49)40-63(65)60-35-34-59(45-68(60)77)78-58-30-22-29-57(44-58)75-47-76(67-32-21-20-31-66(67)75)70-61(50-25-16-12-17-26-50)42-56(73(8,9)10)43-62(70)53-38-54(71(2,3)4)41-55(39-53)72(5,6)7;/h11-43,46-47H,1-10H3;/q-3;/i1D3,37D,46D;. The Labute approximate surface area is 488 Å². The van der Waals surface area contributed by atoms with E-state index in [-0.39, 0.29) is 66.5 Å². The van der Waals surface area contributed by atoms with Crippen LogP contribution in [-0.2, 0) is 37.3 Å². The van der Waals surface area contributed by atoms with E-state index in [1.54, 1.807) is 28.8 Å². The molecule has 9 aromatic carbocycles. The fourth-order valence-corrected chi connectivity index (χ4v) is 10.6. The number of rotatable bonds is 9. The first-order valence-corrected chi connectivity index (χ1v) is 26.8. The number of hydrogen-bond acceptors (Lipinski definition) is 4. The van der Waals surface area contributed by atoms with Crippen LogP contribution >= 0.6 is 0 Å². The molecule has 0 N–H and O–H groups in total. The smallest absolute Gasteiger partial charge is 0.135 e. The third-order valence-corrected chi connectivity index (χ3v) is 14.9. The minimum atomic E-state index is -2.74. The number of anilines is 4. The van der Waals surface area contributed by atoms with Gasteiger partial charge in [0.2, 0.25) is 0 Å². The van der Waals surface area contributed by atoms with Gasteiger partial charge in [-0.1, -0.05) is 201 Å². The molecule has 0 saturated heterocycles. The van der Waals surface area contributed by atoms with Crippen molar-refractivity contribution in [3.8, 4) is 61.8 Å². The van der Waals surface area contributed by atoms with E-state index in [1.807, 2.05) is 66.7 Å². The number of benzene rings is 9. The number of aromatic nitrogens is 2. The van der Waals surface area contributed by atoms with Gasteiger partial charge in [0.25, 0.3) is 0 Å². The van der Waals surface area contributed by atoms with Gasteiger partial charge in [-0.2, -0.15) is 12.1 Å². The molecule has 1 aliphatic heterocycles. The van der Waals surface area contributed by atoms with Crippen molar-refractivity contribution in [2.45, 2.75) is 85.4 Å². The normalized spacial score (nSPS) is 13.8. The molecule has 0 aliphatic carbocycles. The number of nitrogens with zero attached hydrogens (tertiary/aromatic N) is 4. The van der Waals surface area contributed by atoms with E-state index in [2.05, 4.69) is 194 Å². The minimum absolute atomic E-state index is 0. The molecule has 0 fully saturated rings. The van der Waals surface area contributed by atoms with Gasteiger partial charge in [-0.15, -0.1) is 48.1 Å². The summed E-state index contributed by atoms with van der Waals surface area (Å²) >= 11 is 0. The molecule has 6 heteroatoms. The summed E-state index contributed by atoms with van der Waals surface area (Å²) in [5.74, 6) is 0.810. The summed E-state index contributed by atoms with van der Waals surface area (Å²) in [7, 11) is 0. The third kappa shape index (κ3) is 10.2. The molecule has 0 radical (unpaired) electrons. The maximum absolute atomic E-state index is 9.67. The second-order valence-electron chi connectivity index (χ2n) is 23.5. The number of ether oxygens (including phenoxy) is 1. The largest absolute Gasteiger partial charge is 0.509 e. The van der Waals surface area contributed by atoms with Crippen LogP contribution in [0.2, 0.25) is 0 Å². The molecule has 0 spiro atoms. The van der Waals surface area contributed by atoms with Gasteiger partial charge < -0.3 is 19.1 Å². The fourth-order valence-electron chi connectivity index (χ4n) is 10.6. The van der Waals surface area contributed by atoms with Crippen LogP contribution in [0, 0.1) is 25.7 Å². The molecule has 5 nitrogen and oxygen atoms in total. The van der Waals surface area contributed by atoms with Gasteiger partial charge in [-0.3, -0.25) is 0 Å². The van der Waals surface area contributed by atoms with Crippen molar-refractivity contribution in [1.82, 2.24) is 9.55 Å². The zero-order chi connectivity index (χ0) is 58.3. The second-order valence-corrected chi connectivity index (χ2v) is 23.5. The first-order chi connectivity index (χ1) is 39.5. The van der Waals surface area contributed by atoms with Crippen molar-refractivity contribution in [3.05, 3.63) is 247 Å². The molecule has 0 unspecified atom stereocenters. The fraction of sp³-hybridized carbons (Fsp3) is 0.178. The Morgan fingerprint density at radius 3 is 1.67 bits per heavy atom. The molecule has 12 rings (SSSR count). The van der Waals surface area contributed by atoms with Crippen molar-refractivity contribution in [2.75, 3.05) is 9.80 Å². The summed E-state index contributed by atoms with van der Waals surface area (Å²) in [4.78, 5) is 9.27. The van der Waals surface area contributed by atoms with E-state index in [0.29, 0.717) is 28.1 Å². The summed E-state index contributed by atoms with van der Waals surface area (Å²) < 4.78 is 53.7. The van der Waals surface area contributed by atoms with Gasteiger partial charge in [0, 0.05) is 82.1 Å². The summed E-state index contributed by atoms with van der Waals surface area (Å²) in [5, 5.41) is 1.62. The molecule has 79 heavy (non-hydrogen) atoms. The molecule has 396 valence electrons. The van der Waals surface area contributed by atoms with E-state index in [4.69, 9.17) is 13.8 Å². The van der Waals surface area contributed by atoms with Crippen LogP contribution in [0.5, 0.6) is 11.5 Å². The molecule has 0 amide bonds. The molecule has 0 saturated carbocycles. The van der Waals surface area contributed by atoms with Crippen molar-refractivity contribution in [2.24, 2.45) is 0 Å². The molecular weight excluding hydrogens is 1140 g/mol. The van der Waals surface area contributed by atoms with Gasteiger partial charge in [0.05, 0.1) is 2.74 Å². The summed E-state index contributed by atoms with van der Waals surface area (Å²) in [6, 6.07) is 72.7. The Balaban J connectivity index is 0.00000736. The quantitative estimate of drug-likeness (QED) is 0.135. The van der Waals surface area contributed by atoms with Crippen LogP contribution in [0.25, 0.3) is 72.1 Å². The Hall–Kier alpha value is -7.98. The Morgan fingerprint density at radius 2 is 1.05 bits per heavy atom. The van der Waals surface area contributed by atoms with Gasteiger partial charge >= 0.3 is 0 Å². The summed E-state index contributed by atoms with van der Waals surface area (Å²) in [6.45, 7) is 20.0. The Kier molecular flexibility index (Phi) is 12.3. The molecular formula is C73H65N4OPt-3. The topological polar surface area (TPSA) is 33.5 Å². The van der Waals surface area contributed by atoms with Crippen molar-refractivity contribution in [3.63, 3.8) is 0 Å². The summed E-state index contributed by atoms with van der Waals surface area (Å²) in [5.41, 5.74) is 15.3. The zero-order valence-corrected chi connectivity index (χ0v) is 48.3. The monoisotopic (exact) mass is 1210 g/mol. The third-order valence-electron chi connectivity index (χ3n) is 14.9. The van der Waals surface area contributed by atoms with Gasteiger partial charge in [-0.05, 0) is 115 Å². The van der Waals surface area contributed by atoms with Crippen LogP contribution in [-0.4, -0.2) is 9.55 Å². The first-order valence-electron chi connectivity index (χ1n) is 29.3. The van der Waals surface area contributed by atoms with Gasteiger partial charge in [0.15, 0.2) is 0 Å². The predicted molar refractivity (Wildman–Crippen MR) is 327 cm³/mol. The maximum Gasteiger partial charge on any atom is 0.135 e. The number of hydrogen-bond donors (Lipinski definition) is 0. The first kappa shape index (κ1) is 47.1. The Morgan fingerprint density at radius 1 is 0.494 bits per heavy atom. The van der Waals surface area contributed by atoms with Crippen molar-refractivity contribution in [1.29, 1.82) is 0 Å². The van der Waals surface area contributed by atoms with Crippen LogP contribution in [0.15, 0.2) is 206 Å². The number of para-hydroxylation sites is 2.